The lowest BCUT2D eigenvalue weighted by Crippen LogP contribution is -2.39. The third-order valence-corrected chi connectivity index (χ3v) is 6.93. The van der Waals surface area contributed by atoms with Crippen LogP contribution in [0, 0.1) is 0 Å². The molecule has 0 aliphatic carbocycles. The number of hydrogen-bond acceptors (Lipinski definition) is 8. The number of aromatic nitrogens is 1. The summed E-state index contributed by atoms with van der Waals surface area (Å²) in [6, 6.07) is 12.6. The molecule has 1 aliphatic heterocycles. The van der Waals surface area contributed by atoms with Crippen LogP contribution in [0.1, 0.15) is 31.0 Å². The number of nitrogens with zero attached hydrogens (tertiary/aromatic N) is 3. The molecule has 8 nitrogen and oxygen atoms in total. The van der Waals surface area contributed by atoms with Gasteiger partial charge in [0.1, 0.15) is 0 Å². The molecule has 0 bridgehead atoms. The molecule has 0 saturated heterocycles. The van der Waals surface area contributed by atoms with Crippen LogP contribution in [-0.4, -0.2) is 45.5 Å². The fourth-order valence-corrected chi connectivity index (χ4v) is 5.20. The zero-order chi connectivity index (χ0) is 26.0. The normalized spacial score (nSPS) is 15.3. The Morgan fingerprint density at radius 1 is 1.11 bits per heavy atom. The summed E-state index contributed by atoms with van der Waals surface area (Å²) in [6.45, 7) is 3.76. The van der Waals surface area contributed by atoms with Gasteiger partial charge in [0.05, 0.1) is 42.7 Å². The standard InChI is InChI=1S/C27H29N3O5S/c1-7-35-26(32)23-16(2)28-27-30(24(23)18-9-11-19(12-10-18)29(3)4)25(31)22(36-27)15-17-8-13-20(33-5)21(14-17)34-6/h8-15,24H,7H2,1-6H3/b22-15+/t24-/m1/s1. The topological polar surface area (TPSA) is 82.4 Å². The number of thiazole rings is 1. The van der Waals surface area contributed by atoms with Crippen molar-refractivity contribution in [2.24, 2.45) is 4.99 Å². The first-order valence-corrected chi connectivity index (χ1v) is 12.3. The van der Waals surface area contributed by atoms with E-state index in [1.807, 2.05) is 55.4 Å². The highest BCUT2D eigenvalue weighted by Crippen LogP contribution is 2.32. The average molecular weight is 508 g/mol. The highest BCUT2D eigenvalue weighted by molar-refractivity contribution is 7.07. The molecule has 0 unspecified atom stereocenters. The zero-order valence-corrected chi connectivity index (χ0v) is 22.0. The summed E-state index contributed by atoms with van der Waals surface area (Å²) in [5, 5.41) is 0. The van der Waals surface area contributed by atoms with Crippen LogP contribution < -0.4 is 29.3 Å². The second kappa shape index (κ2) is 10.4. The van der Waals surface area contributed by atoms with E-state index >= 15 is 0 Å². The van der Waals surface area contributed by atoms with Crippen molar-refractivity contribution < 1.29 is 19.0 Å². The lowest BCUT2D eigenvalue weighted by Gasteiger charge is -2.25. The lowest BCUT2D eigenvalue weighted by atomic mass is 9.95. The first-order valence-electron chi connectivity index (χ1n) is 11.5. The van der Waals surface area contributed by atoms with Crippen LogP contribution in [0.5, 0.6) is 11.5 Å². The predicted molar refractivity (Wildman–Crippen MR) is 141 cm³/mol. The minimum absolute atomic E-state index is 0.228. The molecular weight excluding hydrogens is 478 g/mol. The molecule has 4 rings (SSSR count). The van der Waals surface area contributed by atoms with Crippen LogP contribution >= 0.6 is 11.3 Å². The van der Waals surface area contributed by atoms with Crippen molar-refractivity contribution >= 4 is 29.1 Å². The van der Waals surface area contributed by atoms with Crippen LogP contribution in [0.4, 0.5) is 5.69 Å². The molecule has 0 radical (unpaired) electrons. The van der Waals surface area contributed by atoms with E-state index in [0.29, 0.717) is 32.1 Å². The Balaban J connectivity index is 1.91. The highest BCUT2D eigenvalue weighted by atomic mass is 32.1. The van der Waals surface area contributed by atoms with Gasteiger partial charge in [-0.1, -0.05) is 29.5 Å². The predicted octanol–water partition coefficient (Wildman–Crippen LogP) is 2.88. The van der Waals surface area contributed by atoms with Gasteiger partial charge in [0.2, 0.25) is 0 Å². The van der Waals surface area contributed by atoms with Gasteiger partial charge in [-0.05, 0) is 55.3 Å². The Morgan fingerprint density at radius 2 is 1.81 bits per heavy atom. The third-order valence-electron chi connectivity index (χ3n) is 5.95. The number of ether oxygens (including phenoxy) is 3. The fraction of sp³-hybridized carbons (Fsp3) is 0.296. The van der Waals surface area contributed by atoms with E-state index in [2.05, 4.69) is 4.99 Å². The molecule has 0 N–H and O–H groups in total. The Bertz CT molecular complexity index is 1500. The molecule has 188 valence electrons. The monoisotopic (exact) mass is 507 g/mol. The molecule has 0 amide bonds. The summed E-state index contributed by atoms with van der Waals surface area (Å²) in [5.41, 5.74) is 3.26. The molecule has 3 aromatic rings. The van der Waals surface area contributed by atoms with Crippen LogP contribution in [0.2, 0.25) is 0 Å². The van der Waals surface area contributed by atoms with E-state index in [1.165, 1.54) is 11.3 Å². The van der Waals surface area contributed by atoms with E-state index in [4.69, 9.17) is 14.2 Å². The van der Waals surface area contributed by atoms with Crippen molar-refractivity contribution in [3.8, 4) is 11.5 Å². The minimum atomic E-state index is -0.649. The summed E-state index contributed by atoms with van der Waals surface area (Å²) < 4.78 is 18.2. The Morgan fingerprint density at radius 3 is 2.42 bits per heavy atom. The Labute approximate surface area is 213 Å². The van der Waals surface area contributed by atoms with Gasteiger partial charge in [-0.3, -0.25) is 9.36 Å². The second-order valence-corrected chi connectivity index (χ2v) is 9.41. The summed E-state index contributed by atoms with van der Waals surface area (Å²) in [4.78, 5) is 33.9. The van der Waals surface area contributed by atoms with Crippen LogP contribution in [0.25, 0.3) is 6.08 Å². The quantitative estimate of drug-likeness (QED) is 0.458. The fourth-order valence-electron chi connectivity index (χ4n) is 4.16. The molecule has 0 saturated carbocycles. The number of methoxy groups -OCH3 is 2. The van der Waals surface area contributed by atoms with Gasteiger partial charge in [0.15, 0.2) is 16.3 Å². The number of carbonyl (C=O) groups is 1. The van der Waals surface area contributed by atoms with Crippen molar-refractivity contribution in [2.45, 2.75) is 19.9 Å². The summed E-state index contributed by atoms with van der Waals surface area (Å²) in [5.74, 6) is 0.694. The van der Waals surface area contributed by atoms with Gasteiger partial charge in [0.25, 0.3) is 5.56 Å². The van der Waals surface area contributed by atoms with Gasteiger partial charge in [0, 0.05) is 19.8 Å². The Hall–Kier alpha value is -3.85. The van der Waals surface area contributed by atoms with Gasteiger partial charge in [-0.15, -0.1) is 0 Å². The number of benzene rings is 2. The molecule has 1 aliphatic rings. The molecule has 0 fully saturated rings. The number of esters is 1. The maximum absolute atomic E-state index is 13.7. The molecule has 2 heterocycles. The van der Waals surface area contributed by atoms with Crippen molar-refractivity contribution in [1.82, 2.24) is 4.57 Å². The first kappa shape index (κ1) is 25.2. The van der Waals surface area contributed by atoms with Crippen LogP contribution in [0.3, 0.4) is 0 Å². The number of allylic oxidation sites excluding steroid dienone is 1. The Kier molecular flexibility index (Phi) is 7.30. The largest absolute Gasteiger partial charge is 0.493 e. The molecule has 9 heteroatoms. The lowest BCUT2D eigenvalue weighted by molar-refractivity contribution is -0.139. The van der Waals surface area contributed by atoms with E-state index < -0.39 is 12.0 Å². The van der Waals surface area contributed by atoms with E-state index in [9.17, 15) is 9.59 Å². The number of rotatable bonds is 7. The molecule has 2 aromatic carbocycles. The third kappa shape index (κ3) is 4.66. The van der Waals surface area contributed by atoms with E-state index in [1.54, 1.807) is 44.8 Å². The maximum Gasteiger partial charge on any atom is 0.338 e. The molecule has 1 atom stereocenters. The second-order valence-electron chi connectivity index (χ2n) is 8.40. The number of anilines is 1. The first-order chi connectivity index (χ1) is 17.3. The van der Waals surface area contributed by atoms with Crippen LogP contribution in [-0.2, 0) is 9.53 Å². The van der Waals surface area contributed by atoms with Gasteiger partial charge in [-0.25, -0.2) is 9.79 Å². The van der Waals surface area contributed by atoms with E-state index in [0.717, 1.165) is 16.8 Å². The minimum Gasteiger partial charge on any atom is -0.493 e. The summed E-state index contributed by atoms with van der Waals surface area (Å²) in [6.07, 6.45) is 1.79. The number of hydrogen-bond donors (Lipinski definition) is 0. The average Bonchev–Trinajstić information content (AvgIpc) is 3.17. The SMILES string of the molecule is CCOC(=O)C1=C(C)N=c2s/c(=C/c3ccc(OC)c(OC)c3)c(=O)n2[C@@H]1c1ccc(N(C)C)cc1. The van der Waals surface area contributed by atoms with Crippen molar-refractivity contribution in [1.29, 1.82) is 0 Å². The zero-order valence-electron chi connectivity index (χ0n) is 21.2. The highest BCUT2D eigenvalue weighted by Gasteiger charge is 2.33. The van der Waals surface area contributed by atoms with E-state index in [-0.39, 0.29) is 12.2 Å². The number of carbonyl (C=O) groups excluding carboxylic acids is 1. The van der Waals surface area contributed by atoms with Crippen LogP contribution in [0.15, 0.2) is 63.5 Å². The maximum atomic E-state index is 13.7. The van der Waals surface area contributed by atoms with Gasteiger partial charge >= 0.3 is 5.97 Å². The van der Waals surface area contributed by atoms with Gasteiger partial charge in [-0.2, -0.15) is 0 Å². The summed E-state index contributed by atoms with van der Waals surface area (Å²) >= 11 is 1.28. The molecule has 1 aromatic heterocycles. The smallest absolute Gasteiger partial charge is 0.338 e. The van der Waals surface area contributed by atoms with Crippen molar-refractivity contribution in [3.05, 3.63) is 84.5 Å². The van der Waals surface area contributed by atoms with Crippen molar-refractivity contribution in [2.75, 3.05) is 39.8 Å². The van der Waals surface area contributed by atoms with Gasteiger partial charge < -0.3 is 19.1 Å². The molecule has 0 spiro atoms. The van der Waals surface area contributed by atoms with Crippen molar-refractivity contribution in [3.63, 3.8) is 0 Å². The summed E-state index contributed by atoms with van der Waals surface area (Å²) in [7, 11) is 7.06. The number of fused-ring (bicyclic) bond motifs is 1. The molecule has 36 heavy (non-hydrogen) atoms. The molecular formula is C27H29N3O5S.